The first kappa shape index (κ1) is 9.78. The highest BCUT2D eigenvalue weighted by Gasteiger charge is 1.96. The predicted octanol–water partition coefficient (Wildman–Crippen LogP) is 2.28. The number of aryl methyl sites for hydroxylation is 2. The molecule has 0 aromatic heterocycles. The van der Waals surface area contributed by atoms with Crippen LogP contribution >= 0.6 is 0 Å². The third-order valence-corrected chi connectivity index (χ3v) is 1.90. The molecule has 0 aliphatic heterocycles. The fraction of sp³-hybridized carbons (Fsp3) is 0.364. The van der Waals surface area contributed by atoms with Gasteiger partial charge in [0.25, 0.3) is 0 Å². The molecule has 0 fully saturated rings. The minimum absolute atomic E-state index is 0.815. The second kappa shape index (κ2) is 4.65. The van der Waals surface area contributed by atoms with Gasteiger partial charge in [0.05, 0.1) is 0 Å². The normalized spacial score (nSPS) is 10.7. The van der Waals surface area contributed by atoms with E-state index in [0.29, 0.717) is 0 Å². The number of oxime groups is 1. The van der Waals surface area contributed by atoms with Gasteiger partial charge in [-0.05, 0) is 36.6 Å². The molecule has 1 aromatic rings. The Bertz CT molecular complexity index is 305. The quantitative estimate of drug-likeness (QED) is 0.511. The van der Waals surface area contributed by atoms with Crippen LogP contribution in [0.15, 0.2) is 17.3 Å². The molecule has 0 N–H and O–H groups in total. The van der Waals surface area contributed by atoms with Crippen molar-refractivity contribution in [3.8, 4) is 0 Å². The van der Waals surface area contributed by atoms with Crippen molar-refractivity contribution in [1.29, 1.82) is 0 Å². The molecule has 0 amide bonds. The summed E-state index contributed by atoms with van der Waals surface area (Å²) in [4.78, 5) is 4.60. The van der Waals surface area contributed by atoms with Gasteiger partial charge in [-0.15, -0.1) is 0 Å². The van der Waals surface area contributed by atoms with E-state index in [0.717, 1.165) is 12.0 Å². The van der Waals surface area contributed by atoms with E-state index in [9.17, 15) is 0 Å². The van der Waals surface area contributed by atoms with Crippen molar-refractivity contribution in [3.63, 3.8) is 0 Å². The molecular weight excluding hydrogens is 162 g/mol. The average Bonchev–Trinajstić information content (AvgIpc) is 2.11. The van der Waals surface area contributed by atoms with Crippen LogP contribution in [0, 0.1) is 19.9 Å². The maximum Gasteiger partial charge on any atom is 0.106 e. The summed E-state index contributed by atoms with van der Waals surface area (Å²) >= 11 is 0. The van der Waals surface area contributed by atoms with Crippen molar-refractivity contribution < 1.29 is 4.84 Å². The Morgan fingerprint density at radius 2 is 2.31 bits per heavy atom. The molecule has 0 unspecified atom stereocenters. The highest BCUT2D eigenvalue weighted by atomic mass is 16.6. The fourth-order valence-electron chi connectivity index (χ4n) is 1.16. The van der Waals surface area contributed by atoms with Crippen LogP contribution in [-0.4, -0.2) is 13.3 Å². The highest BCUT2D eigenvalue weighted by molar-refractivity contribution is 5.61. The first-order valence-electron chi connectivity index (χ1n) is 4.27. The standard InChI is InChI=1S/C11H14NO/c1-9-4-5-10(2)11(8-9)6-7-12-13-3/h5,7-8H,6H2,1-3H3. The van der Waals surface area contributed by atoms with E-state index in [4.69, 9.17) is 0 Å². The maximum absolute atomic E-state index is 4.60. The average molecular weight is 176 g/mol. The zero-order valence-corrected chi connectivity index (χ0v) is 8.29. The lowest BCUT2D eigenvalue weighted by Gasteiger charge is -2.02. The third-order valence-electron chi connectivity index (χ3n) is 1.90. The Morgan fingerprint density at radius 3 is 3.00 bits per heavy atom. The van der Waals surface area contributed by atoms with Crippen molar-refractivity contribution in [2.24, 2.45) is 5.16 Å². The van der Waals surface area contributed by atoms with Gasteiger partial charge in [0.1, 0.15) is 7.11 Å². The summed E-state index contributed by atoms with van der Waals surface area (Å²) in [6.07, 6.45) is 2.58. The second-order valence-electron chi connectivity index (χ2n) is 3.00. The Morgan fingerprint density at radius 1 is 1.54 bits per heavy atom. The van der Waals surface area contributed by atoms with E-state index >= 15 is 0 Å². The molecule has 0 bridgehead atoms. The third kappa shape index (κ3) is 2.90. The SMILES string of the molecule is CON=CCc1cc(C)[c]cc1C. The van der Waals surface area contributed by atoms with Gasteiger partial charge in [-0.25, -0.2) is 0 Å². The smallest absolute Gasteiger partial charge is 0.106 e. The molecule has 13 heavy (non-hydrogen) atoms. The zero-order chi connectivity index (χ0) is 9.68. The van der Waals surface area contributed by atoms with E-state index in [1.807, 2.05) is 13.0 Å². The van der Waals surface area contributed by atoms with Crippen molar-refractivity contribution >= 4 is 6.21 Å². The van der Waals surface area contributed by atoms with Gasteiger partial charge < -0.3 is 4.84 Å². The molecule has 2 heteroatoms. The van der Waals surface area contributed by atoms with Crippen molar-refractivity contribution in [2.75, 3.05) is 7.11 Å². The lowest BCUT2D eigenvalue weighted by atomic mass is 10.0. The van der Waals surface area contributed by atoms with Gasteiger partial charge in [0, 0.05) is 12.6 Å². The fourth-order valence-corrected chi connectivity index (χ4v) is 1.16. The molecule has 69 valence electrons. The van der Waals surface area contributed by atoms with Crippen molar-refractivity contribution in [1.82, 2.24) is 0 Å². The Hall–Kier alpha value is -1.31. The number of nitrogens with zero attached hydrogens (tertiary/aromatic N) is 1. The van der Waals surface area contributed by atoms with Crippen LogP contribution in [-0.2, 0) is 11.3 Å². The first-order valence-corrected chi connectivity index (χ1v) is 4.27. The van der Waals surface area contributed by atoms with Crippen LogP contribution in [0.25, 0.3) is 0 Å². The molecule has 0 saturated carbocycles. The number of rotatable bonds is 3. The van der Waals surface area contributed by atoms with E-state index < -0.39 is 0 Å². The summed E-state index contributed by atoms with van der Waals surface area (Å²) in [5.74, 6) is 0. The summed E-state index contributed by atoms with van der Waals surface area (Å²) < 4.78 is 0. The van der Waals surface area contributed by atoms with Gasteiger partial charge in [0.15, 0.2) is 0 Å². The topological polar surface area (TPSA) is 21.6 Å². The molecule has 1 rings (SSSR count). The number of hydrogen-bond acceptors (Lipinski definition) is 2. The number of hydrogen-bond donors (Lipinski definition) is 0. The van der Waals surface area contributed by atoms with Gasteiger partial charge in [-0.1, -0.05) is 17.3 Å². The van der Waals surface area contributed by atoms with E-state index in [1.165, 1.54) is 11.1 Å². The summed E-state index contributed by atoms with van der Waals surface area (Å²) in [7, 11) is 1.55. The summed E-state index contributed by atoms with van der Waals surface area (Å²) in [5, 5.41) is 3.70. The molecule has 0 spiro atoms. The Labute approximate surface area is 79.2 Å². The molecule has 1 radical (unpaired) electrons. The summed E-state index contributed by atoms with van der Waals surface area (Å²) in [6.45, 7) is 4.11. The molecule has 0 aliphatic rings. The highest BCUT2D eigenvalue weighted by Crippen LogP contribution is 2.09. The molecule has 0 heterocycles. The summed E-state index contributed by atoms with van der Waals surface area (Å²) in [6, 6.07) is 7.28. The van der Waals surface area contributed by atoms with Gasteiger partial charge >= 0.3 is 0 Å². The molecule has 0 atom stereocenters. The summed E-state index contributed by atoms with van der Waals surface area (Å²) in [5.41, 5.74) is 3.68. The van der Waals surface area contributed by atoms with Crippen LogP contribution in [0.3, 0.4) is 0 Å². The van der Waals surface area contributed by atoms with E-state index in [1.54, 1.807) is 13.3 Å². The van der Waals surface area contributed by atoms with Crippen LogP contribution in [0.1, 0.15) is 16.7 Å². The minimum atomic E-state index is 0.815. The van der Waals surface area contributed by atoms with Crippen LogP contribution < -0.4 is 0 Å². The number of benzene rings is 1. The molecule has 0 saturated heterocycles. The van der Waals surface area contributed by atoms with Crippen LogP contribution in [0.5, 0.6) is 0 Å². The van der Waals surface area contributed by atoms with Gasteiger partial charge in [0.2, 0.25) is 0 Å². The van der Waals surface area contributed by atoms with Crippen LogP contribution in [0.4, 0.5) is 0 Å². The van der Waals surface area contributed by atoms with Gasteiger partial charge in [-0.2, -0.15) is 0 Å². The largest absolute Gasteiger partial charge is 0.399 e. The molecule has 0 aliphatic carbocycles. The van der Waals surface area contributed by atoms with Gasteiger partial charge in [-0.3, -0.25) is 0 Å². The van der Waals surface area contributed by atoms with Crippen molar-refractivity contribution in [3.05, 3.63) is 34.9 Å². The monoisotopic (exact) mass is 176 g/mol. The Balaban J connectivity index is 2.75. The maximum atomic E-state index is 4.60. The second-order valence-corrected chi connectivity index (χ2v) is 3.00. The molecular formula is C11H14NO. The Kier molecular flexibility index (Phi) is 3.50. The van der Waals surface area contributed by atoms with Crippen LogP contribution in [0.2, 0.25) is 0 Å². The molecule has 2 nitrogen and oxygen atoms in total. The minimum Gasteiger partial charge on any atom is -0.399 e. The zero-order valence-electron chi connectivity index (χ0n) is 8.29. The van der Waals surface area contributed by atoms with E-state index in [-0.39, 0.29) is 0 Å². The lowest BCUT2D eigenvalue weighted by Crippen LogP contribution is -1.92. The predicted molar refractivity (Wildman–Crippen MR) is 54.0 cm³/mol. The van der Waals surface area contributed by atoms with Crippen molar-refractivity contribution in [2.45, 2.75) is 20.3 Å². The molecule has 1 aromatic carbocycles. The van der Waals surface area contributed by atoms with E-state index in [2.05, 4.69) is 29.0 Å². The lowest BCUT2D eigenvalue weighted by molar-refractivity contribution is 0.215. The first-order chi connectivity index (χ1) is 6.24.